The van der Waals surface area contributed by atoms with Crippen molar-refractivity contribution >= 4 is 0 Å². The minimum atomic E-state index is -1.16. The van der Waals surface area contributed by atoms with Crippen molar-refractivity contribution in [2.24, 2.45) is 0 Å². The first-order valence-electron chi connectivity index (χ1n) is 1.82. The van der Waals surface area contributed by atoms with Crippen molar-refractivity contribution in [2.75, 3.05) is 6.61 Å². The van der Waals surface area contributed by atoms with Crippen molar-refractivity contribution in [1.82, 2.24) is 0 Å². The fourth-order valence-electron chi connectivity index (χ4n) is 0.162. The van der Waals surface area contributed by atoms with Gasteiger partial charge in [0.15, 0.2) is 6.36 Å². The van der Waals surface area contributed by atoms with E-state index in [4.69, 9.17) is 0 Å². The molecule has 0 fully saturated rings. The predicted octanol–water partition coefficient (Wildman–Crippen LogP) is 1.15. The lowest BCUT2D eigenvalue weighted by Crippen LogP contribution is -1.98. The van der Waals surface area contributed by atoms with Gasteiger partial charge >= 0.3 is 0 Å². The van der Waals surface area contributed by atoms with Crippen LogP contribution in [0.4, 0.5) is 4.39 Å². The molecule has 0 N–H and O–H groups in total. The highest BCUT2D eigenvalue weighted by Crippen LogP contribution is 1.86. The van der Waals surface area contributed by atoms with E-state index in [1.54, 1.807) is 0 Å². The summed E-state index contributed by atoms with van der Waals surface area (Å²) in [5.41, 5.74) is 0. The highest BCUT2D eigenvalue weighted by molar-refractivity contribution is 4.29. The van der Waals surface area contributed by atoms with Gasteiger partial charge in [0, 0.05) is 0 Å². The second kappa shape index (κ2) is 3.09. The molecule has 0 spiro atoms. The summed E-state index contributed by atoms with van der Waals surface area (Å²) in [6.07, 6.45) is -1.16. The van der Waals surface area contributed by atoms with E-state index in [-0.39, 0.29) is 6.61 Å². The summed E-state index contributed by atoms with van der Waals surface area (Å²) in [6, 6.07) is 0. The summed E-state index contributed by atoms with van der Waals surface area (Å²) in [6.45, 7) is 4.79. The van der Waals surface area contributed by atoms with Crippen LogP contribution < -0.4 is 0 Å². The Balaban J connectivity index is 2.63. The van der Waals surface area contributed by atoms with Crippen LogP contribution in [0.1, 0.15) is 6.92 Å². The second-order valence-corrected chi connectivity index (χ2v) is 0.914. The summed E-state index contributed by atoms with van der Waals surface area (Å²) >= 11 is 0. The average molecular weight is 91.1 g/mol. The number of halogens is 1. The monoisotopic (exact) mass is 91.1 g/mol. The Morgan fingerprint density at radius 2 is 2.50 bits per heavy atom. The number of hydrogen-bond donors (Lipinski definition) is 0. The molecule has 0 aromatic heterocycles. The van der Waals surface area contributed by atoms with Crippen LogP contribution in [0.25, 0.3) is 0 Å². The zero-order valence-corrected chi connectivity index (χ0v) is 3.78. The second-order valence-electron chi connectivity index (χ2n) is 0.914. The van der Waals surface area contributed by atoms with Gasteiger partial charge in [0.2, 0.25) is 0 Å². The fourth-order valence-corrected chi connectivity index (χ4v) is 0.162. The Morgan fingerprint density at radius 1 is 2.00 bits per heavy atom. The number of alkyl halides is 1. The van der Waals surface area contributed by atoms with Crippen molar-refractivity contribution < 1.29 is 9.13 Å². The maximum Gasteiger partial charge on any atom is 0.195 e. The van der Waals surface area contributed by atoms with Crippen molar-refractivity contribution in [3.63, 3.8) is 0 Å². The number of ether oxygens (including phenoxy) is 1. The first-order valence-corrected chi connectivity index (χ1v) is 1.82. The Bertz CT molecular complexity index is 28.7. The molecule has 0 aromatic rings. The van der Waals surface area contributed by atoms with Gasteiger partial charge in [-0.3, -0.25) is 0 Å². The van der Waals surface area contributed by atoms with Gasteiger partial charge < -0.3 is 4.74 Å². The number of hydrogen-bond acceptors (Lipinski definition) is 1. The first-order chi connectivity index (χ1) is 2.77. The summed E-state index contributed by atoms with van der Waals surface area (Å²) in [5.74, 6) is 0. The van der Waals surface area contributed by atoms with Gasteiger partial charge in [0.05, 0.1) is 6.61 Å². The standard InChI is InChI=1S/C4H8FO/c1-3-6-4(2)5/h4H,1,3H2,2H3. The Labute approximate surface area is 37.1 Å². The highest BCUT2D eigenvalue weighted by Gasteiger charge is 1.88. The van der Waals surface area contributed by atoms with Crippen LogP contribution in [0.3, 0.4) is 0 Å². The van der Waals surface area contributed by atoms with Crippen molar-refractivity contribution in [3.05, 3.63) is 6.92 Å². The highest BCUT2D eigenvalue weighted by atomic mass is 19.1. The van der Waals surface area contributed by atoms with Crippen LogP contribution in [-0.2, 0) is 4.74 Å². The SMILES string of the molecule is [CH2]COC(C)F. The van der Waals surface area contributed by atoms with Crippen molar-refractivity contribution in [2.45, 2.75) is 13.3 Å². The molecule has 1 nitrogen and oxygen atoms in total. The molecule has 1 atom stereocenters. The Morgan fingerprint density at radius 3 is 2.50 bits per heavy atom. The van der Waals surface area contributed by atoms with E-state index in [0.717, 1.165) is 0 Å². The maximum atomic E-state index is 11.4. The van der Waals surface area contributed by atoms with E-state index in [0.29, 0.717) is 0 Å². The lowest BCUT2D eigenvalue weighted by Gasteiger charge is -1.96. The van der Waals surface area contributed by atoms with Gasteiger partial charge in [0.25, 0.3) is 0 Å². The predicted molar refractivity (Wildman–Crippen MR) is 21.9 cm³/mol. The van der Waals surface area contributed by atoms with E-state index >= 15 is 0 Å². The van der Waals surface area contributed by atoms with Crippen LogP contribution in [0.2, 0.25) is 0 Å². The smallest absolute Gasteiger partial charge is 0.195 e. The molecule has 0 bridgehead atoms. The van der Waals surface area contributed by atoms with Crippen LogP contribution in [0.15, 0.2) is 0 Å². The third kappa shape index (κ3) is 3.89. The molecule has 6 heavy (non-hydrogen) atoms. The summed E-state index contributed by atoms with van der Waals surface area (Å²) in [7, 11) is 0. The Hall–Kier alpha value is -0.110. The molecule has 0 aliphatic carbocycles. The topological polar surface area (TPSA) is 9.23 Å². The summed E-state index contributed by atoms with van der Waals surface area (Å²) in [5, 5.41) is 0. The molecule has 0 saturated carbocycles. The van der Waals surface area contributed by atoms with Crippen LogP contribution in [-0.4, -0.2) is 13.0 Å². The molecular weight excluding hydrogens is 83.0 g/mol. The lowest BCUT2D eigenvalue weighted by molar-refractivity contribution is -0.0101. The van der Waals surface area contributed by atoms with Gasteiger partial charge in [-0.25, -0.2) is 4.39 Å². The number of rotatable bonds is 2. The third-order valence-corrected chi connectivity index (χ3v) is 0.348. The van der Waals surface area contributed by atoms with Crippen molar-refractivity contribution in [3.8, 4) is 0 Å². The fraction of sp³-hybridized carbons (Fsp3) is 0.750. The normalized spacial score (nSPS) is 14.5. The Kier molecular flexibility index (Phi) is 3.04. The lowest BCUT2D eigenvalue weighted by atomic mass is 10.8. The van der Waals surface area contributed by atoms with Gasteiger partial charge in [0.1, 0.15) is 0 Å². The molecule has 37 valence electrons. The molecule has 1 radical (unpaired) electrons. The van der Waals surface area contributed by atoms with Crippen molar-refractivity contribution in [1.29, 1.82) is 0 Å². The quantitative estimate of drug-likeness (QED) is 0.495. The average Bonchev–Trinajstić information content (AvgIpc) is 1.35. The minimum Gasteiger partial charge on any atom is -0.348 e. The largest absolute Gasteiger partial charge is 0.348 e. The zero-order chi connectivity index (χ0) is 4.99. The van der Waals surface area contributed by atoms with Gasteiger partial charge in [-0.05, 0) is 13.8 Å². The maximum absolute atomic E-state index is 11.4. The van der Waals surface area contributed by atoms with Gasteiger partial charge in [-0.15, -0.1) is 0 Å². The summed E-state index contributed by atoms with van der Waals surface area (Å²) in [4.78, 5) is 0. The molecule has 2 heteroatoms. The van der Waals surface area contributed by atoms with E-state index in [1.165, 1.54) is 6.92 Å². The van der Waals surface area contributed by atoms with Crippen LogP contribution >= 0.6 is 0 Å². The van der Waals surface area contributed by atoms with E-state index in [2.05, 4.69) is 11.7 Å². The molecule has 0 heterocycles. The minimum absolute atomic E-state index is 0.206. The van der Waals surface area contributed by atoms with Crippen LogP contribution in [0.5, 0.6) is 0 Å². The molecule has 0 aromatic carbocycles. The van der Waals surface area contributed by atoms with E-state index < -0.39 is 6.36 Å². The van der Waals surface area contributed by atoms with E-state index in [9.17, 15) is 4.39 Å². The molecule has 0 rings (SSSR count). The molecule has 0 aliphatic rings. The zero-order valence-electron chi connectivity index (χ0n) is 3.78. The van der Waals surface area contributed by atoms with Gasteiger partial charge in [-0.2, -0.15) is 0 Å². The van der Waals surface area contributed by atoms with E-state index in [1.807, 2.05) is 0 Å². The molecule has 0 amide bonds. The molecule has 0 aliphatic heterocycles. The molecule has 0 saturated heterocycles. The van der Waals surface area contributed by atoms with Gasteiger partial charge in [-0.1, -0.05) is 0 Å². The molecular formula is C4H8FO. The van der Waals surface area contributed by atoms with Crippen LogP contribution in [0, 0.1) is 6.92 Å². The first kappa shape index (κ1) is 5.89. The molecule has 1 unspecified atom stereocenters. The summed E-state index contributed by atoms with van der Waals surface area (Å²) < 4.78 is 15.7. The third-order valence-electron chi connectivity index (χ3n) is 0.348.